The van der Waals surface area contributed by atoms with Gasteiger partial charge < -0.3 is 5.32 Å². The summed E-state index contributed by atoms with van der Waals surface area (Å²) in [6.07, 6.45) is 8.50. The molecule has 14 heavy (non-hydrogen) atoms. The van der Waals surface area contributed by atoms with Crippen LogP contribution in [0.1, 0.15) is 52.4 Å². The second kappa shape index (κ2) is 6.84. The zero-order chi connectivity index (χ0) is 10.4. The third kappa shape index (κ3) is 5.35. The van der Waals surface area contributed by atoms with Crippen LogP contribution in [0.5, 0.6) is 0 Å². The Kier molecular flexibility index (Phi) is 6.11. The normalized spacial score (nSPS) is 23.4. The first-order chi connectivity index (χ1) is 6.68. The molecule has 0 radical (unpaired) electrons. The Labute approximate surface area is 97.2 Å². The Hall–Kier alpha value is 0.440. The van der Waals surface area contributed by atoms with Crippen molar-refractivity contribution in [1.82, 2.24) is 5.32 Å². The fraction of sp³-hybridized carbons (Fsp3) is 1.00. The summed E-state index contributed by atoms with van der Waals surface area (Å²) in [5, 5.41) is 3.65. The lowest BCUT2D eigenvalue weighted by Crippen LogP contribution is -2.33. The minimum atomic E-state index is 0.636. The highest BCUT2D eigenvalue weighted by Crippen LogP contribution is 2.23. The Morgan fingerprint density at radius 1 is 1.21 bits per heavy atom. The van der Waals surface area contributed by atoms with Gasteiger partial charge in [-0.05, 0) is 38.6 Å². The Balaban J connectivity index is 2.06. The highest BCUT2D eigenvalue weighted by molar-refractivity contribution is 9.09. The molecule has 1 aliphatic carbocycles. The number of halogens is 1. The second-order valence-electron chi connectivity index (χ2n) is 4.83. The standard InChI is InChI=1S/C12H24BrN/c1-10(13)8-11(2)14-9-12-6-4-3-5-7-12/h10-12,14H,3-9H2,1-2H3. The van der Waals surface area contributed by atoms with Crippen LogP contribution < -0.4 is 5.32 Å². The number of hydrogen-bond donors (Lipinski definition) is 1. The molecular weight excluding hydrogens is 238 g/mol. The van der Waals surface area contributed by atoms with Crippen LogP contribution in [0.2, 0.25) is 0 Å². The third-order valence-electron chi connectivity index (χ3n) is 3.16. The Morgan fingerprint density at radius 2 is 1.86 bits per heavy atom. The van der Waals surface area contributed by atoms with E-state index in [1.54, 1.807) is 0 Å². The predicted octanol–water partition coefficient (Wildman–Crippen LogP) is 3.72. The molecule has 0 saturated heterocycles. The van der Waals surface area contributed by atoms with Crippen molar-refractivity contribution in [2.75, 3.05) is 6.54 Å². The van der Waals surface area contributed by atoms with Crippen LogP contribution in [0.15, 0.2) is 0 Å². The van der Waals surface area contributed by atoms with Crippen molar-refractivity contribution < 1.29 is 0 Å². The summed E-state index contributed by atoms with van der Waals surface area (Å²) in [6.45, 7) is 5.75. The van der Waals surface area contributed by atoms with Crippen LogP contribution in [0.25, 0.3) is 0 Å². The van der Waals surface area contributed by atoms with Gasteiger partial charge in [-0.25, -0.2) is 0 Å². The molecule has 1 rings (SSSR count). The quantitative estimate of drug-likeness (QED) is 0.745. The number of nitrogens with one attached hydrogen (secondary N) is 1. The van der Waals surface area contributed by atoms with Crippen molar-refractivity contribution in [1.29, 1.82) is 0 Å². The van der Waals surface area contributed by atoms with E-state index >= 15 is 0 Å². The molecule has 0 aromatic rings. The van der Waals surface area contributed by atoms with Gasteiger partial charge in [0.1, 0.15) is 0 Å². The fourth-order valence-corrected chi connectivity index (χ4v) is 2.89. The highest BCUT2D eigenvalue weighted by atomic mass is 79.9. The summed E-state index contributed by atoms with van der Waals surface area (Å²) in [5.74, 6) is 0.955. The maximum atomic E-state index is 3.65. The summed E-state index contributed by atoms with van der Waals surface area (Å²) in [5.41, 5.74) is 0. The number of hydrogen-bond acceptors (Lipinski definition) is 1. The Morgan fingerprint density at radius 3 is 2.43 bits per heavy atom. The van der Waals surface area contributed by atoms with Gasteiger partial charge in [0, 0.05) is 10.9 Å². The van der Waals surface area contributed by atoms with E-state index in [1.165, 1.54) is 45.1 Å². The van der Waals surface area contributed by atoms with Crippen LogP contribution >= 0.6 is 15.9 Å². The molecule has 2 atom stereocenters. The van der Waals surface area contributed by atoms with Crippen molar-refractivity contribution in [2.24, 2.45) is 5.92 Å². The van der Waals surface area contributed by atoms with Crippen LogP contribution in [-0.2, 0) is 0 Å². The molecule has 2 heteroatoms. The van der Waals surface area contributed by atoms with Gasteiger partial charge in [0.25, 0.3) is 0 Å². The average molecular weight is 262 g/mol. The van der Waals surface area contributed by atoms with Crippen LogP contribution in [0.3, 0.4) is 0 Å². The van der Waals surface area contributed by atoms with Crippen molar-refractivity contribution >= 4 is 15.9 Å². The molecule has 1 nitrogen and oxygen atoms in total. The summed E-state index contributed by atoms with van der Waals surface area (Å²) >= 11 is 3.60. The summed E-state index contributed by atoms with van der Waals surface area (Å²) in [7, 11) is 0. The first kappa shape index (κ1) is 12.5. The lowest BCUT2D eigenvalue weighted by Gasteiger charge is -2.24. The molecule has 1 aliphatic rings. The van der Waals surface area contributed by atoms with Crippen LogP contribution in [-0.4, -0.2) is 17.4 Å². The zero-order valence-electron chi connectivity index (χ0n) is 9.56. The summed E-state index contributed by atoms with van der Waals surface area (Å²) in [4.78, 5) is 0.636. The van der Waals surface area contributed by atoms with Crippen LogP contribution in [0, 0.1) is 5.92 Å². The zero-order valence-corrected chi connectivity index (χ0v) is 11.1. The molecule has 2 unspecified atom stereocenters. The van der Waals surface area contributed by atoms with E-state index in [9.17, 15) is 0 Å². The lowest BCUT2D eigenvalue weighted by atomic mass is 9.89. The number of rotatable bonds is 5. The fourth-order valence-electron chi connectivity index (χ4n) is 2.33. The largest absolute Gasteiger partial charge is 0.314 e. The van der Waals surface area contributed by atoms with Crippen molar-refractivity contribution in [3.05, 3.63) is 0 Å². The van der Waals surface area contributed by atoms with E-state index in [0.29, 0.717) is 10.9 Å². The minimum absolute atomic E-state index is 0.636. The smallest absolute Gasteiger partial charge is 0.0132 e. The molecule has 0 spiro atoms. The molecule has 0 amide bonds. The van der Waals surface area contributed by atoms with E-state index in [-0.39, 0.29) is 0 Å². The molecule has 0 bridgehead atoms. The van der Waals surface area contributed by atoms with E-state index in [0.717, 1.165) is 5.92 Å². The van der Waals surface area contributed by atoms with Crippen molar-refractivity contribution in [2.45, 2.75) is 63.2 Å². The first-order valence-corrected chi connectivity index (χ1v) is 6.97. The van der Waals surface area contributed by atoms with Gasteiger partial charge in [-0.1, -0.05) is 42.1 Å². The highest BCUT2D eigenvalue weighted by Gasteiger charge is 2.14. The lowest BCUT2D eigenvalue weighted by molar-refractivity contribution is 0.327. The van der Waals surface area contributed by atoms with Gasteiger partial charge in [-0.3, -0.25) is 0 Å². The molecular formula is C12H24BrN. The molecule has 0 aliphatic heterocycles. The SMILES string of the molecule is CC(Br)CC(C)NCC1CCCCC1. The first-order valence-electron chi connectivity index (χ1n) is 6.06. The van der Waals surface area contributed by atoms with Gasteiger partial charge >= 0.3 is 0 Å². The van der Waals surface area contributed by atoms with Crippen LogP contribution in [0.4, 0.5) is 0 Å². The van der Waals surface area contributed by atoms with Gasteiger partial charge in [0.15, 0.2) is 0 Å². The molecule has 84 valence electrons. The van der Waals surface area contributed by atoms with E-state index in [4.69, 9.17) is 0 Å². The van der Waals surface area contributed by atoms with E-state index < -0.39 is 0 Å². The Bertz CT molecular complexity index is 141. The molecule has 1 N–H and O–H groups in total. The molecule has 1 saturated carbocycles. The monoisotopic (exact) mass is 261 g/mol. The van der Waals surface area contributed by atoms with Gasteiger partial charge in [0.05, 0.1) is 0 Å². The van der Waals surface area contributed by atoms with Gasteiger partial charge in [-0.2, -0.15) is 0 Å². The third-order valence-corrected chi connectivity index (χ3v) is 3.53. The van der Waals surface area contributed by atoms with Crippen molar-refractivity contribution in [3.8, 4) is 0 Å². The van der Waals surface area contributed by atoms with Gasteiger partial charge in [0.2, 0.25) is 0 Å². The molecule has 0 heterocycles. The topological polar surface area (TPSA) is 12.0 Å². The van der Waals surface area contributed by atoms with Crippen molar-refractivity contribution in [3.63, 3.8) is 0 Å². The maximum absolute atomic E-state index is 3.65. The minimum Gasteiger partial charge on any atom is -0.314 e. The predicted molar refractivity (Wildman–Crippen MR) is 67.0 cm³/mol. The van der Waals surface area contributed by atoms with E-state index in [2.05, 4.69) is 35.1 Å². The summed E-state index contributed by atoms with van der Waals surface area (Å²) < 4.78 is 0. The van der Waals surface area contributed by atoms with E-state index in [1.807, 2.05) is 0 Å². The number of alkyl halides is 1. The summed E-state index contributed by atoms with van der Waals surface area (Å²) in [6, 6.07) is 0.659. The molecule has 0 aromatic heterocycles. The molecule has 0 aromatic carbocycles. The maximum Gasteiger partial charge on any atom is 0.0132 e. The molecule has 1 fully saturated rings. The average Bonchev–Trinajstić information content (AvgIpc) is 2.15. The second-order valence-corrected chi connectivity index (χ2v) is 6.39. The van der Waals surface area contributed by atoms with Gasteiger partial charge in [-0.15, -0.1) is 0 Å².